The zero-order valence-electron chi connectivity index (χ0n) is 14.8. The number of guanidine groups is 1. The van der Waals surface area contributed by atoms with Crippen LogP contribution in [0.2, 0.25) is 0 Å². The van der Waals surface area contributed by atoms with Crippen LogP contribution in [-0.2, 0) is 16.1 Å². The number of rotatable bonds is 4. The number of carbonyl (C=O) groups excluding carboxylic acids is 1. The van der Waals surface area contributed by atoms with Crippen LogP contribution in [-0.4, -0.2) is 51.2 Å². The molecule has 0 radical (unpaired) electrons. The Morgan fingerprint density at radius 1 is 1.36 bits per heavy atom. The van der Waals surface area contributed by atoms with E-state index in [9.17, 15) is 4.79 Å². The Morgan fingerprint density at radius 3 is 2.56 bits per heavy atom. The molecule has 2 rings (SSSR count). The van der Waals surface area contributed by atoms with Crippen molar-refractivity contribution in [2.24, 2.45) is 10.9 Å². The smallest absolute Gasteiger partial charge is 0.308 e. The molecule has 1 heterocycles. The van der Waals surface area contributed by atoms with E-state index in [0.29, 0.717) is 6.54 Å². The molecule has 1 aromatic rings. The van der Waals surface area contributed by atoms with Crippen LogP contribution in [0.5, 0.6) is 5.75 Å². The minimum absolute atomic E-state index is 0. The number of nitrogens with one attached hydrogen (secondary N) is 1. The molecule has 1 saturated heterocycles. The summed E-state index contributed by atoms with van der Waals surface area (Å²) in [4.78, 5) is 18.1. The molecule has 1 N–H and O–H groups in total. The van der Waals surface area contributed by atoms with Gasteiger partial charge in [-0.1, -0.05) is 6.07 Å². The first-order chi connectivity index (χ1) is 11.6. The lowest BCUT2D eigenvalue weighted by molar-refractivity contribution is -0.146. The highest BCUT2D eigenvalue weighted by atomic mass is 127. The number of methoxy groups -OCH3 is 2. The van der Waals surface area contributed by atoms with Crippen molar-refractivity contribution in [1.82, 2.24) is 10.2 Å². The molecule has 0 aromatic heterocycles. The first kappa shape index (κ1) is 22.0. The normalized spacial score (nSPS) is 15.4. The lowest BCUT2D eigenvalue weighted by Crippen LogP contribution is -2.46. The fourth-order valence-electron chi connectivity index (χ4n) is 2.83. The highest BCUT2D eigenvalue weighted by Crippen LogP contribution is 2.25. The third-order valence-electron chi connectivity index (χ3n) is 4.21. The summed E-state index contributed by atoms with van der Waals surface area (Å²) in [5, 5.41) is 3.38. The number of likely N-dealkylation sites (tertiary alicyclic amines) is 1. The van der Waals surface area contributed by atoms with Crippen molar-refractivity contribution in [2.45, 2.75) is 19.4 Å². The second-order valence-electron chi connectivity index (χ2n) is 5.65. The molecule has 0 atom stereocenters. The lowest BCUT2D eigenvalue weighted by atomic mass is 9.97. The minimum Gasteiger partial charge on any atom is -0.496 e. The molecule has 140 valence electrons. The number of benzene rings is 1. The Labute approximate surface area is 174 Å². The highest BCUT2D eigenvalue weighted by molar-refractivity contribution is 14.0. The van der Waals surface area contributed by atoms with E-state index in [1.165, 1.54) is 7.11 Å². The summed E-state index contributed by atoms with van der Waals surface area (Å²) < 4.78 is 11.0. The van der Waals surface area contributed by atoms with Crippen molar-refractivity contribution in [3.63, 3.8) is 0 Å². The average Bonchev–Trinajstić information content (AvgIpc) is 2.62. The first-order valence-corrected chi connectivity index (χ1v) is 8.74. The van der Waals surface area contributed by atoms with Gasteiger partial charge in [0.25, 0.3) is 0 Å². The Hall–Kier alpha value is -1.03. The number of piperidine rings is 1. The monoisotopic (exact) mass is 525 g/mol. The van der Waals surface area contributed by atoms with Crippen LogP contribution in [0.25, 0.3) is 0 Å². The van der Waals surface area contributed by atoms with Gasteiger partial charge in [0.15, 0.2) is 5.96 Å². The van der Waals surface area contributed by atoms with Gasteiger partial charge in [0.1, 0.15) is 5.75 Å². The molecule has 0 amide bonds. The van der Waals surface area contributed by atoms with E-state index in [4.69, 9.17) is 9.47 Å². The van der Waals surface area contributed by atoms with Crippen molar-refractivity contribution in [2.75, 3.05) is 34.4 Å². The second-order valence-corrected chi connectivity index (χ2v) is 6.51. The number of carbonyl (C=O) groups is 1. The van der Waals surface area contributed by atoms with Gasteiger partial charge in [-0.05, 0) is 46.5 Å². The standard InChI is InChI=1S/C17H24BrN3O3.HI/c1-19-17(21-8-6-13(7-9-21)16(22)24-3)20-11-12-4-5-15(23-2)14(18)10-12;/h4-5,10,13H,6-9,11H2,1-3H3,(H,19,20);1H. The van der Waals surface area contributed by atoms with E-state index in [2.05, 4.69) is 31.1 Å². The number of hydrogen-bond donors (Lipinski definition) is 1. The average molecular weight is 526 g/mol. The maximum absolute atomic E-state index is 11.6. The van der Waals surface area contributed by atoms with Crippen molar-refractivity contribution in [3.05, 3.63) is 28.2 Å². The van der Waals surface area contributed by atoms with Crippen molar-refractivity contribution < 1.29 is 14.3 Å². The number of nitrogens with zero attached hydrogens (tertiary/aromatic N) is 2. The van der Waals surface area contributed by atoms with Gasteiger partial charge in [-0.2, -0.15) is 0 Å². The zero-order valence-corrected chi connectivity index (χ0v) is 18.7. The van der Waals surface area contributed by atoms with Gasteiger partial charge in [-0.15, -0.1) is 24.0 Å². The van der Waals surface area contributed by atoms with Crippen LogP contribution in [0.15, 0.2) is 27.7 Å². The van der Waals surface area contributed by atoms with Gasteiger partial charge >= 0.3 is 5.97 Å². The van der Waals surface area contributed by atoms with Gasteiger partial charge in [0.05, 0.1) is 24.6 Å². The summed E-state index contributed by atoms with van der Waals surface area (Å²) in [6, 6.07) is 5.99. The van der Waals surface area contributed by atoms with Gasteiger partial charge in [0, 0.05) is 26.7 Å². The van der Waals surface area contributed by atoms with E-state index in [1.807, 2.05) is 18.2 Å². The molecule has 1 fully saturated rings. The predicted octanol–water partition coefficient (Wildman–Crippen LogP) is 3.04. The second kappa shape index (κ2) is 10.8. The minimum atomic E-state index is -0.110. The van der Waals surface area contributed by atoms with E-state index < -0.39 is 0 Å². The van der Waals surface area contributed by atoms with Crippen LogP contribution >= 0.6 is 39.9 Å². The third-order valence-corrected chi connectivity index (χ3v) is 4.83. The number of halogens is 2. The summed E-state index contributed by atoms with van der Waals surface area (Å²) >= 11 is 3.50. The molecule has 6 nitrogen and oxygen atoms in total. The predicted molar refractivity (Wildman–Crippen MR) is 113 cm³/mol. The van der Waals surface area contributed by atoms with Gasteiger partial charge < -0.3 is 19.7 Å². The Bertz CT molecular complexity index is 605. The molecule has 0 aliphatic carbocycles. The summed E-state index contributed by atoms with van der Waals surface area (Å²) in [6.45, 7) is 2.27. The van der Waals surface area contributed by atoms with Crippen LogP contribution in [0, 0.1) is 5.92 Å². The summed E-state index contributed by atoms with van der Waals surface area (Å²) in [5.41, 5.74) is 1.13. The number of aliphatic imine (C=N–C) groups is 1. The fourth-order valence-corrected chi connectivity index (χ4v) is 3.41. The Morgan fingerprint density at radius 2 is 2.04 bits per heavy atom. The summed E-state index contributed by atoms with van der Waals surface area (Å²) in [5.74, 6) is 1.56. The van der Waals surface area contributed by atoms with Crippen LogP contribution in [0.3, 0.4) is 0 Å². The Balaban J connectivity index is 0.00000312. The molecule has 0 bridgehead atoms. The van der Waals surface area contributed by atoms with Crippen molar-refractivity contribution in [1.29, 1.82) is 0 Å². The Kier molecular flexibility index (Phi) is 9.55. The fraction of sp³-hybridized carbons (Fsp3) is 0.529. The van der Waals surface area contributed by atoms with Gasteiger partial charge in [-0.25, -0.2) is 0 Å². The molecular weight excluding hydrogens is 501 g/mol. The van der Waals surface area contributed by atoms with E-state index >= 15 is 0 Å². The number of esters is 1. The van der Waals surface area contributed by atoms with Crippen LogP contribution < -0.4 is 10.1 Å². The molecule has 1 aliphatic heterocycles. The van der Waals surface area contributed by atoms with Crippen molar-refractivity contribution >= 4 is 51.8 Å². The first-order valence-electron chi connectivity index (χ1n) is 7.95. The molecular formula is C17H25BrIN3O3. The van der Waals surface area contributed by atoms with Crippen LogP contribution in [0.4, 0.5) is 0 Å². The molecule has 0 spiro atoms. The summed E-state index contributed by atoms with van der Waals surface area (Å²) in [7, 11) is 4.87. The molecule has 0 saturated carbocycles. The zero-order chi connectivity index (χ0) is 17.5. The topological polar surface area (TPSA) is 63.2 Å². The number of ether oxygens (including phenoxy) is 2. The molecule has 0 unspecified atom stereocenters. The van der Waals surface area contributed by atoms with Crippen molar-refractivity contribution in [3.8, 4) is 5.75 Å². The van der Waals surface area contributed by atoms with Crippen LogP contribution in [0.1, 0.15) is 18.4 Å². The number of hydrogen-bond acceptors (Lipinski definition) is 4. The SMILES string of the molecule is CN=C(NCc1ccc(OC)c(Br)c1)N1CCC(C(=O)OC)CC1.I. The van der Waals surface area contributed by atoms with Gasteiger partial charge in [-0.3, -0.25) is 9.79 Å². The molecule has 25 heavy (non-hydrogen) atoms. The maximum atomic E-state index is 11.6. The highest BCUT2D eigenvalue weighted by Gasteiger charge is 2.26. The van der Waals surface area contributed by atoms with E-state index in [1.54, 1.807) is 14.2 Å². The maximum Gasteiger partial charge on any atom is 0.308 e. The lowest BCUT2D eigenvalue weighted by Gasteiger charge is -2.33. The van der Waals surface area contributed by atoms with Gasteiger partial charge in [0.2, 0.25) is 0 Å². The molecule has 1 aliphatic rings. The molecule has 1 aromatic carbocycles. The largest absolute Gasteiger partial charge is 0.496 e. The van der Waals surface area contributed by atoms with E-state index in [0.717, 1.165) is 47.7 Å². The third kappa shape index (κ3) is 6.02. The summed E-state index contributed by atoms with van der Waals surface area (Å²) in [6.07, 6.45) is 1.59. The molecule has 8 heteroatoms. The quantitative estimate of drug-likeness (QED) is 0.283. The van der Waals surface area contributed by atoms with E-state index in [-0.39, 0.29) is 35.9 Å².